The molecule has 116 valence electrons. The van der Waals surface area contributed by atoms with Crippen molar-refractivity contribution in [1.29, 1.82) is 0 Å². The van der Waals surface area contributed by atoms with E-state index < -0.39 is 0 Å². The Kier molecular flexibility index (Phi) is 4.47. The fourth-order valence-corrected chi connectivity index (χ4v) is 3.54. The summed E-state index contributed by atoms with van der Waals surface area (Å²) in [5, 5.41) is 1.07. The fraction of sp³-hybridized carbons (Fsp3) is 0.438. The SMILES string of the molecule is C[C@H]1CCCN(C(=O)CSc2nc3ccccc3c(=O)[nH]2)C1. The summed E-state index contributed by atoms with van der Waals surface area (Å²) in [6.45, 7) is 3.85. The number of para-hydroxylation sites is 1. The maximum absolute atomic E-state index is 12.3. The van der Waals surface area contributed by atoms with Gasteiger partial charge < -0.3 is 9.88 Å². The van der Waals surface area contributed by atoms with Gasteiger partial charge in [-0.3, -0.25) is 9.59 Å². The zero-order valence-corrected chi connectivity index (χ0v) is 13.4. The summed E-state index contributed by atoms with van der Waals surface area (Å²) in [5.74, 6) is 1.00. The molecule has 0 spiro atoms. The Hall–Kier alpha value is -1.82. The Morgan fingerprint density at radius 3 is 3.09 bits per heavy atom. The first-order valence-corrected chi connectivity index (χ1v) is 8.51. The van der Waals surface area contributed by atoms with Crippen molar-refractivity contribution in [2.75, 3.05) is 18.8 Å². The number of aromatic amines is 1. The predicted octanol–water partition coefficient (Wildman–Crippen LogP) is 2.27. The predicted molar refractivity (Wildman–Crippen MR) is 88.1 cm³/mol. The van der Waals surface area contributed by atoms with E-state index in [1.165, 1.54) is 18.2 Å². The maximum Gasteiger partial charge on any atom is 0.259 e. The minimum atomic E-state index is -0.160. The fourth-order valence-electron chi connectivity index (χ4n) is 2.77. The minimum absolute atomic E-state index is 0.118. The number of piperidine rings is 1. The van der Waals surface area contributed by atoms with Crippen LogP contribution in [0.1, 0.15) is 19.8 Å². The zero-order chi connectivity index (χ0) is 15.5. The number of hydrogen-bond acceptors (Lipinski definition) is 4. The molecule has 1 saturated heterocycles. The van der Waals surface area contributed by atoms with Crippen molar-refractivity contribution in [3.8, 4) is 0 Å². The topological polar surface area (TPSA) is 66.1 Å². The van der Waals surface area contributed by atoms with Crippen LogP contribution in [0.3, 0.4) is 0 Å². The molecule has 3 rings (SSSR count). The van der Waals surface area contributed by atoms with E-state index in [4.69, 9.17) is 0 Å². The van der Waals surface area contributed by atoms with Gasteiger partial charge in [-0.2, -0.15) is 0 Å². The van der Waals surface area contributed by atoms with Crippen LogP contribution in [-0.4, -0.2) is 39.6 Å². The van der Waals surface area contributed by atoms with E-state index in [0.29, 0.717) is 27.7 Å². The molecule has 6 heteroatoms. The quantitative estimate of drug-likeness (QED) is 0.696. The number of thioether (sulfide) groups is 1. The Labute approximate surface area is 133 Å². The lowest BCUT2D eigenvalue weighted by atomic mass is 10.0. The van der Waals surface area contributed by atoms with Crippen LogP contribution >= 0.6 is 11.8 Å². The van der Waals surface area contributed by atoms with E-state index in [0.717, 1.165) is 19.5 Å². The second-order valence-electron chi connectivity index (χ2n) is 5.76. The van der Waals surface area contributed by atoms with Crippen LogP contribution in [0.15, 0.2) is 34.2 Å². The minimum Gasteiger partial charge on any atom is -0.342 e. The molecule has 1 atom stereocenters. The number of benzene rings is 1. The first-order chi connectivity index (χ1) is 10.6. The molecule has 0 saturated carbocycles. The highest BCUT2D eigenvalue weighted by atomic mass is 32.2. The van der Waals surface area contributed by atoms with E-state index in [2.05, 4.69) is 16.9 Å². The van der Waals surface area contributed by atoms with E-state index in [9.17, 15) is 9.59 Å². The Morgan fingerprint density at radius 1 is 1.45 bits per heavy atom. The summed E-state index contributed by atoms with van der Waals surface area (Å²) in [7, 11) is 0. The van der Waals surface area contributed by atoms with Gasteiger partial charge in [0, 0.05) is 13.1 Å². The molecule has 1 amide bonds. The molecule has 0 aliphatic carbocycles. The lowest BCUT2D eigenvalue weighted by molar-refractivity contribution is -0.130. The molecule has 1 N–H and O–H groups in total. The first-order valence-electron chi connectivity index (χ1n) is 7.53. The van der Waals surface area contributed by atoms with Gasteiger partial charge in [0.1, 0.15) is 0 Å². The van der Waals surface area contributed by atoms with Gasteiger partial charge in [-0.25, -0.2) is 4.98 Å². The number of carbonyl (C=O) groups is 1. The van der Waals surface area contributed by atoms with Crippen LogP contribution in [-0.2, 0) is 4.79 Å². The summed E-state index contributed by atoms with van der Waals surface area (Å²) in [6.07, 6.45) is 2.26. The maximum atomic E-state index is 12.3. The highest BCUT2D eigenvalue weighted by Crippen LogP contribution is 2.19. The van der Waals surface area contributed by atoms with Gasteiger partial charge in [0.25, 0.3) is 5.56 Å². The molecule has 1 aliphatic heterocycles. The van der Waals surface area contributed by atoms with Gasteiger partial charge in [0.05, 0.1) is 16.7 Å². The highest BCUT2D eigenvalue weighted by Gasteiger charge is 2.21. The third-order valence-corrected chi connectivity index (χ3v) is 4.79. The summed E-state index contributed by atoms with van der Waals surface area (Å²) >= 11 is 1.29. The number of nitrogens with zero attached hydrogens (tertiary/aromatic N) is 2. The van der Waals surface area contributed by atoms with Crippen molar-refractivity contribution in [3.05, 3.63) is 34.6 Å². The highest BCUT2D eigenvalue weighted by molar-refractivity contribution is 7.99. The number of likely N-dealkylation sites (tertiary alicyclic amines) is 1. The molecule has 2 heterocycles. The van der Waals surface area contributed by atoms with Gasteiger partial charge in [-0.1, -0.05) is 30.8 Å². The monoisotopic (exact) mass is 317 g/mol. The molecule has 1 aromatic carbocycles. The molecule has 1 aliphatic rings. The normalized spacial score (nSPS) is 18.6. The van der Waals surface area contributed by atoms with Gasteiger partial charge in [-0.05, 0) is 30.9 Å². The molecule has 1 fully saturated rings. The largest absolute Gasteiger partial charge is 0.342 e. The standard InChI is InChI=1S/C16H19N3O2S/c1-11-5-4-8-19(9-11)14(20)10-22-16-17-13-7-3-2-6-12(13)15(21)18-16/h2-3,6-7,11H,4-5,8-10H2,1H3,(H,17,18,21)/t11-/m0/s1. The lowest BCUT2D eigenvalue weighted by Crippen LogP contribution is -2.40. The Morgan fingerprint density at radius 2 is 2.27 bits per heavy atom. The van der Waals surface area contributed by atoms with Crippen LogP contribution in [0.4, 0.5) is 0 Å². The summed E-state index contributed by atoms with van der Waals surface area (Å²) in [6, 6.07) is 7.22. The second kappa shape index (κ2) is 6.52. The van der Waals surface area contributed by atoms with Gasteiger partial charge in [-0.15, -0.1) is 0 Å². The Bertz CT molecular complexity index is 743. The van der Waals surface area contributed by atoms with Crippen LogP contribution in [0, 0.1) is 5.92 Å². The molecule has 2 aromatic rings. The van der Waals surface area contributed by atoms with Crippen LogP contribution in [0.5, 0.6) is 0 Å². The summed E-state index contributed by atoms with van der Waals surface area (Å²) in [4.78, 5) is 33.3. The Balaban J connectivity index is 1.68. The van der Waals surface area contributed by atoms with Crippen molar-refractivity contribution in [2.24, 2.45) is 5.92 Å². The van der Waals surface area contributed by atoms with Crippen molar-refractivity contribution >= 4 is 28.6 Å². The lowest BCUT2D eigenvalue weighted by Gasteiger charge is -2.30. The number of hydrogen-bond donors (Lipinski definition) is 1. The van der Waals surface area contributed by atoms with Crippen LogP contribution in [0.2, 0.25) is 0 Å². The molecular formula is C16H19N3O2S. The third kappa shape index (κ3) is 3.32. The van der Waals surface area contributed by atoms with E-state index in [1.54, 1.807) is 6.07 Å². The first kappa shape index (κ1) is 15.1. The van der Waals surface area contributed by atoms with Crippen LogP contribution < -0.4 is 5.56 Å². The third-order valence-electron chi connectivity index (χ3n) is 3.93. The van der Waals surface area contributed by atoms with Crippen LogP contribution in [0.25, 0.3) is 10.9 Å². The van der Waals surface area contributed by atoms with Crippen molar-refractivity contribution in [2.45, 2.75) is 24.9 Å². The summed E-state index contributed by atoms with van der Waals surface area (Å²) < 4.78 is 0. The molecular weight excluding hydrogens is 298 g/mol. The number of amides is 1. The summed E-state index contributed by atoms with van der Waals surface area (Å²) in [5.41, 5.74) is 0.500. The molecule has 0 unspecified atom stereocenters. The van der Waals surface area contributed by atoms with Gasteiger partial charge >= 0.3 is 0 Å². The van der Waals surface area contributed by atoms with Gasteiger partial charge in [0.2, 0.25) is 5.91 Å². The van der Waals surface area contributed by atoms with Gasteiger partial charge in [0.15, 0.2) is 5.16 Å². The molecule has 22 heavy (non-hydrogen) atoms. The molecule has 5 nitrogen and oxygen atoms in total. The van der Waals surface area contributed by atoms with Crippen molar-refractivity contribution in [1.82, 2.24) is 14.9 Å². The average molecular weight is 317 g/mol. The number of H-pyrrole nitrogens is 1. The van der Waals surface area contributed by atoms with E-state index in [-0.39, 0.29) is 11.5 Å². The molecule has 0 bridgehead atoms. The average Bonchev–Trinajstić information content (AvgIpc) is 2.53. The van der Waals surface area contributed by atoms with E-state index >= 15 is 0 Å². The van der Waals surface area contributed by atoms with Crippen molar-refractivity contribution < 1.29 is 4.79 Å². The number of fused-ring (bicyclic) bond motifs is 1. The zero-order valence-electron chi connectivity index (χ0n) is 12.5. The smallest absolute Gasteiger partial charge is 0.259 e. The number of aromatic nitrogens is 2. The number of carbonyl (C=O) groups excluding carboxylic acids is 1. The molecule has 1 aromatic heterocycles. The number of nitrogens with one attached hydrogen (secondary N) is 1. The number of rotatable bonds is 3. The van der Waals surface area contributed by atoms with E-state index in [1.807, 2.05) is 23.1 Å². The second-order valence-corrected chi connectivity index (χ2v) is 6.73. The molecule has 0 radical (unpaired) electrons. The van der Waals surface area contributed by atoms with Crippen molar-refractivity contribution in [3.63, 3.8) is 0 Å².